The smallest absolute Gasteiger partial charge is 0.0934 e. The van der Waals surface area contributed by atoms with E-state index in [0.29, 0.717) is 12.1 Å². The predicted octanol–water partition coefficient (Wildman–Crippen LogP) is 3.40. The number of thiophene rings is 1. The number of fused-ring (bicyclic) bond motifs is 1. The minimum atomic E-state index is 0.316. The second kappa shape index (κ2) is 5.50. The summed E-state index contributed by atoms with van der Waals surface area (Å²) in [5.41, 5.74) is 1.40. The summed E-state index contributed by atoms with van der Waals surface area (Å²) in [6.45, 7) is 5.82. The number of hydrogen-bond donors (Lipinski definition) is 1. The molecular formula is C12H18ClNOS. The largest absolute Gasteiger partial charge is 0.377 e. The Morgan fingerprint density at radius 1 is 1.62 bits per heavy atom. The standard InChI is InChI=1S/C12H18ClNOS/c1-8(2)15-6-5-14-10-3-4-11-9(10)7-12(13)16-11/h7-8,10,14H,3-6H2,1-2H3. The highest BCUT2D eigenvalue weighted by Gasteiger charge is 2.24. The van der Waals surface area contributed by atoms with Crippen LogP contribution in [0.25, 0.3) is 0 Å². The van der Waals surface area contributed by atoms with Crippen LogP contribution in [0.1, 0.15) is 36.8 Å². The zero-order chi connectivity index (χ0) is 11.5. The fraction of sp³-hybridized carbons (Fsp3) is 0.667. The lowest BCUT2D eigenvalue weighted by molar-refractivity contribution is 0.0793. The van der Waals surface area contributed by atoms with E-state index in [1.807, 2.05) is 0 Å². The third kappa shape index (κ3) is 2.98. The van der Waals surface area contributed by atoms with E-state index in [2.05, 4.69) is 25.2 Å². The maximum atomic E-state index is 6.01. The maximum absolute atomic E-state index is 6.01. The van der Waals surface area contributed by atoms with Gasteiger partial charge in [-0.1, -0.05) is 11.6 Å². The SMILES string of the molecule is CC(C)OCCNC1CCc2sc(Cl)cc21. The lowest BCUT2D eigenvalue weighted by Crippen LogP contribution is -2.24. The summed E-state index contributed by atoms with van der Waals surface area (Å²) in [5.74, 6) is 0. The maximum Gasteiger partial charge on any atom is 0.0934 e. The third-order valence-electron chi connectivity index (χ3n) is 2.79. The zero-order valence-electron chi connectivity index (χ0n) is 9.75. The highest BCUT2D eigenvalue weighted by Crippen LogP contribution is 2.39. The van der Waals surface area contributed by atoms with E-state index in [-0.39, 0.29) is 0 Å². The topological polar surface area (TPSA) is 21.3 Å². The molecule has 0 amide bonds. The van der Waals surface area contributed by atoms with Crippen molar-refractivity contribution in [1.29, 1.82) is 0 Å². The minimum Gasteiger partial charge on any atom is -0.377 e. The summed E-state index contributed by atoms with van der Waals surface area (Å²) in [5, 5.41) is 3.53. The van der Waals surface area contributed by atoms with E-state index in [9.17, 15) is 0 Å². The Morgan fingerprint density at radius 2 is 2.44 bits per heavy atom. The second-order valence-electron chi connectivity index (χ2n) is 4.39. The molecule has 0 radical (unpaired) electrons. The van der Waals surface area contributed by atoms with Crippen molar-refractivity contribution in [2.75, 3.05) is 13.2 Å². The summed E-state index contributed by atoms with van der Waals surface area (Å²) in [7, 11) is 0. The molecule has 1 atom stereocenters. The summed E-state index contributed by atoms with van der Waals surface area (Å²) >= 11 is 7.73. The van der Waals surface area contributed by atoms with E-state index < -0.39 is 0 Å². The van der Waals surface area contributed by atoms with Crippen molar-refractivity contribution < 1.29 is 4.74 Å². The molecule has 2 nitrogen and oxygen atoms in total. The number of hydrogen-bond acceptors (Lipinski definition) is 3. The van der Waals surface area contributed by atoms with Crippen molar-refractivity contribution in [3.05, 3.63) is 20.8 Å². The zero-order valence-corrected chi connectivity index (χ0v) is 11.3. The van der Waals surface area contributed by atoms with Gasteiger partial charge in [-0.15, -0.1) is 11.3 Å². The molecule has 0 fully saturated rings. The van der Waals surface area contributed by atoms with Crippen molar-refractivity contribution >= 4 is 22.9 Å². The molecule has 1 aliphatic carbocycles. The highest BCUT2D eigenvalue weighted by molar-refractivity contribution is 7.16. The van der Waals surface area contributed by atoms with Crippen molar-refractivity contribution in [2.24, 2.45) is 0 Å². The lowest BCUT2D eigenvalue weighted by Gasteiger charge is -2.14. The molecule has 16 heavy (non-hydrogen) atoms. The summed E-state index contributed by atoms with van der Waals surface area (Å²) < 4.78 is 6.42. The number of ether oxygens (including phenoxy) is 1. The molecule has 1 aromatic rings. The van der Waals surface area contributed by atoms with E-state index in [1.165, 1.54) is 16.9 Å². The highest BCUT2D eigenvalue weighted by atomic mass is 35.5. The van der Waals surface area contributed by atoms with Gasteiger partial charge in [-0.2, -0.15) is 0 Å². The van der Waals surface area contributed by atoms with Crippen LogP contribution in [0.4, 0.5) is 0 Å². The molecule has 0 aromatic carbocycles. The summed E-state index contributed by atoms with van der Waals surface area (Å²) in [4.78, 5) is 1.45. The van der Waals surface area contributed by atoms with Crippen LogP contribution in [0, 0.1) is 0 Å². The molecule has 0 bridgehead atoms. The monoisotopic (exact) mass is 259 g/mol. The van der Waals surface area contributed by atoms with E-state index >= 15 is 0 Å². The Kier molecular flexibility index (Phi) is 4.25. The first-order valence-corrected chi connectivity index (χ1v) is 6.99. The normalized spacial score (nSPS) is 19.4. The van der Waals surface area contributed by atoms with E-state index in [4.69, 9.17) is 16.3 Å². The molecule has 1 heterocycles. The lowest BCUT2D eigenvalue weighted by atomic mass is 10.2. The number of nitrogens with one attached hydrogen (secondary N) is 1. The van der Waals surface area contributed by atoms with Crippen LogP contribution in [-0.2, 0) is 11.2 Å². The van der Waals surface area contributed by atoms with Gasteiger partial charge in [0, 0.05) is 17.5 Å². The van der Waals surface area contributed by atoms with Gasteiger partial charge in [0.1, 0.15) is 0 Å². The molecule has 1 unspecified atom stereocenters. The quantitative estimate of drug-likeness (QED) is 0.819. The van der Waals surface area contributed by atoms with Crippen molar-refractivity contribution in [3.8, 4) is 0 Å². The molecule has 0 spiro atoms. The number of aryl methyl sites for hydroxylation is 1. The van der Waals surface area contributed by atoms with Crippen LogP contribution in [0.5, 0.6) is 0 Å². The van der Waals surface area contributed by atoms with Gasteiger partial charge in [0.2, 0.25) is 0 Å². The predicted molar refractivity (Wildman–Crippen MR) is 69.5 cm³/mol. The Balaban J connectivity index is 1.79. The van der Waals surface area contributed by atoms with Crippen molar-refractivity contribution in [2.45, 2.75) is 38.8 Å². The average molecular weight is 260 g/mol. The number of rotatable bonds is 5. The molecule has 2 rings (SSSR count). The van der Waals surface area contributed by atoms with Gasteiger partial charge in [-0.05, 0) is 38.3 Å². The van der Waals surface area contributed by atoms with Gasteiger partial charge < -0.3 is 10.1 Å². The van der Waals surface area contributed by atoms with Crippen LogP contribution >= 0.6 is 22.9 Å². The summed E-state index contributed by atoms with van der Waals surface area (Å²) in [6, 6.07) is 2.59. The van der Waals surface area contributed by atoms with E-state index in [0.717, 1.165) is 23.9 Å². The Hall–Kier alpha value is -0.0900. The first-order chi connectivity index (χ1) is 7.66. The molecule has 1 N–H and O–H groups in total. The van der Waals surface area contributed by atoms with Crippen LogP contribution in [-0.4, -0.2) is 19.3 Å². The van der Waals surface area contributed by atoms with Gasteiger partial charge in [-0.3, -0.25) is 0 Å². The fourth-order valence-corrected chi connectivity index (χ4v) is 3.43. The molecule has 0 saturated heterocycles. The van der Waals surface area contributed by atoms with E-state index in [1.54, 1.807) is 11.3 Å². The molecule has 4 heteroatoms. The van der Waals surface area contributed by atoms with Crippen LogP contribution in [0.15, 0.2) is 6.07 Å². The van der Waals surface area contributed by atoms with Crippen LogP contribution in [0.3, 0.4) is 0 Å². The van der Waals surface area contributed by atoms with Crippen molar-refractivity contribution in [3.63, 3.8) is 0 Å². The Morgan fingerprint density at radius 3 is 3.19 bits per heavy atom. The molecule has 1 aliphatic rings. The first kappa shape index (κ1) is 12.4. The minimum absolute atomic E-state index is 0.316. The van der Waals surface area contributed by atoms with Crippen molar-refractivity contribution in [1.82, 2.24) is 5.32 Å². The third-order valence-corrected chi connectivity index (χ3v) is 4.13. The molecular weight excluding hydrogens is 242 g/mol. The number of halogens is 1. The van der Waals surface area contributed by atoms with Gasteiger partial charge in [0.05, 0.1) is 17.0 Å². The van der Waals surface area contributed by atoms with Gasteiger partial charge in [0.25, 0.3) is 0 Å². The van der Waals surface area contributed by atoms with Gasteiger partial charge >= 0.3 is 0 Å². The molecule has 0 saturated carbocycles. The first-order valence-electron chi connectivity index (χ1n) is 5.80. The van der Waals surface area contributed by atoms with Crippen LogP contribution < -0.4 is 5.32 Å². The molecule has 1 aromatic heterocycles. The van der Waals surface area contributed by atoms with Gasteiger partial charge in [0.15, 0.2) is 0 Å². The second-order valence-corrected chi connectivity index (χ2v) is 6.16. The Bertz CT molecular complexity index is 351. The molecule has 90 valence electrons. The Labute approximate surface area is 106 Å². The average Bonchev–Trinajstić information content (AvgIpc) is 2.72. The fourth-order valence-electron chi connectivity index (χ4n) is 2.07. The van der Waals surface area contributed by atoms with Crippen LogP contribution in [0.2, 0.25) is 4.34 Å². The van der Waals surface area contributed by atoms with Gasteiger partial charge in [-0.25, -0.2) is 0 Å². The molecule has 0 aliphatic heterocycles. The summed E-state index contributed by atoms with van der Waals surface area (Å²) in [6.07, 6.45) is 2.67.